The number of furan rings is 2. The van der Waals surface area contributed by atoms with Crippen molar-refractivity contribution in [2.24, 2.45) is 0 Å². The number of ether oxygens (including phenoxy) is 2. The SMILES string of the molecule is COc1cccc2cc(-c3cc(=O)oc4cc(C)c(OC(=O)c5cc6cc(Cl)ccc6o5)cc34)oc12. The highest BCUT2D eigenvalue weighted by Gasteiger charge is 2.20. The van der Waals surface area contributed by atoms with Crippen molar-refractivity contribution in [1.29, 1.82) is 0 Å². The molecule has 3 aromatic heterocycles. The van der Waals surface area contributed by atoms with Gasteiger partial charge in [0.25, 0.3) is 0 Å². The molecule has 178 valence electrons. The number of aryl methyl sites for hydroxylation is 1. The Labute approximate surface area is 208 Å². The van der Waals surface area contributed by atoms with Crippen LogP contribution in [0.4, 0.5) is 0 Å². The van der Waals surface area contributed by atoms with Crippen LogP contribution in [0, 0.1) is 6.92 Å². The van der Waals surface area contributed by atoms with Gasteiger partial charge in [-0.1, -0.05) is 23.7 Å². The average molecular weight is 501 g/mol. The minimum absolute atomic E-state index is 0.0379. The Bertz CT molecular complexity index is 1870. The molecule has 0 saturated heterocycles. The van der Waals surface area contributed by atoms with Crippen LogP contribution >= 0.6 is 11.6 Å². The number of esters is 1. The Hall–Kier alpha value is -4.49. The molecule has 0 amide bonds. The van der Waals surface area contributed by atoms with Gasteiger partial charge in [-0.05, 0) is 61.0 Å². The second-order valence-corrected chi connectivity index (χ2v) is 8.70. The molecular formula is C28H17ClO7. The summed E-state index contributed by atoms with van der Waals surface area (Å²) in [5.41, 5.74) is 1.97. The van der Waals surface area contributed by atoms with Gasteiger partial charge >= 0.3 is 11.6 Å². The fourth-order valence-corrected chi connectivity index (χ4v) is 4.38. The van der Waals surface area contributed by atoms with E-state index in [0.29, 0.717) is 55.2 Å². The molecule has 3 heterocycles. The van der Waals surface area contributed by atoms with Gasteiger partial charge in [0.1, 0.15) is 22.7 Å². The molecule has 0 atom stereocenters. The van der Waals surface area contributed by atoms with E-state index in [1.165, 1.54) is 6.07 Å². The molecule has 0 aliphatic carbocycles. The maximum Gasteiger partial charge on any atom is 0.379 e. The van der Waals surface area contributed by atoms with Crippen molar-refractivity contribution in [1.82, 2.24) is 0 Å². The molecular weight excluding hydrogens is 484 g/mol. The molecule has 8 heteroatoms. The lowest BCUT2D eigenvalue weighted by Gasteiger charge is -2.09. The van der Waals surface area contributed by atoms with Gasteiger partial charge in [-0.15, -0.1) is 0 Å². The van der Waals surface area contributed by atoms with E-state index in [1.54, 1.807) is 56.5 Å². The molecule has 0 bridgehead atoms. The summed E-state index contributed by atoms with van der Waals surface area (Å²) in [6.07, 6.45) is 0. The van der Waals surface area contributed by atoms with Crippen molar-refractivity contribution in [2.45, 2.75) is 6.92 Å². The third kappa shape index (κ3) is 3.70. The number of halogens is 1. The maximum absolute atomic E-state index is 12.9. The second kappa shape index (κ2) is 8.32. The number of hydrogen-bond donors (Lipinski definition) is 0. The summed E-state index contributed by atoms with van der Waals surface area (Å²) in [5.74, 6) is 0.675. The molecule has 6 aromatic rings. The monoisotopic (exact) mass is 500 g/mol. The van der Waals surface area contributed by atoms with Crippen LogP contribution in [0.2, 0.25) is 5.02 Å². The fourth-order valence-electron chi connectivity index (χ4n) is 4.20. The molecule has 0 radical (unpaired) electrons. The molecule has 0 aliphatic heterocycles. The largest absolute Gasteiger partial charge is 0.493 e. The second-order valence-electron chi connectivity index (χ2n) is 8.26. The molecule has 0 spiro atoms. The van der Waals surface area contributed by atoms with Crippen molar-refractivity contribution >= 4 is 50.5 Å². The molecule has 3 aromatic carbocycles. The number of methoxy groups -OCH3 is 1. The van der Waals surface area contributed by atoms with Crippen molar-refractivity contribution in [3.05, 3.63) is 93.5 Å². The number of rotatable bonds is 4. The zero-order valence-electron chi connectivity index (χ0n) is 19.1. The number of benzene rings is 3. The summed E-state index contributed by atoms with van der Waals surface area (Å²) in [5, 5.41) is 2.58. The van der Waals surface area contributed by atoms with Gasteiger partial charge in [-0.25, -0.2) is 9.59 Å². The first kappa shape index (κ1) is 22.0. The quantitative estimate of drug-likeness (QED) is 0.144. The minimum Gasteiger partial charge on any atom is -0.493 e. The van der Waals surface area contributed by atoms with Crippen molar-refractivity contribution in [3.63, 3.8) is 0 Å². The predicted molar refractivity (Wildman–Crippen MR) is 135 cm³/mol. The highest BCUT2D eigenvalue weighted by Crippen LogP contribution is 2.37. The summed E-state index contributed by atoms with van der Waals surface area (Å²) in [6.45, 7) is 1.75. The molecule has 6 rings (SSSR count). The van der Waals surface area contributed by atoms with E-state index in [0.717, 1.165) is 5.39 Å². The third-order valence-corrected chi connectivity index (χ3v) is 6.15. The number of fused-ring (bicyclic) bond motifs is 3. The first-order valence-corrected chi connectivity index (χ1v) is 11.3. The first-order chi connectivity index (χ1) is 17.4. The zero-order valence-corrected chi connectivity index (χ0v) is 19.8. The smallest absolute Gasteiger partial charge is 0.379 e. The Morgan fingerprint density at radius 3 is 2.56 bits per heavy atom. The fraction of sp³-hybridized carbons (Fsp3) is 0.0714. The summed E-state index contributed by atoms with van der Waals surface area (Å²) in [6, 6.07) is 18.6. The van der Waals surface area contributed by atoms with E-state index in [1.807, 2.05) is 18.2 Å². The lowest BCUT2D eigenvalue weighted by molar-refractivity contribution is 0.0703. The molecule has 0 N–H and O–H groups in total. The van der Waals surface area contributed by atoms with Crippen LogP contribution in [0.5, 0.6) is 11.5 Å². The number of carbonyl (C=O) groups is 1. The molecule has 0 fully saturated rings. The van der Waals surface area contributed by atoms with Gasteiger partial charge in [0, 0.05) is 32.8 Å². The minimum atomic E-state index is -0.669. The molecule has 7 nitrogen and oxygen atoms in total. The van der Waals surface area contributed by atoms with Crippen molar-refractivity contribution in [2.75, 3.05) is 7.11 Å². The van der Waals surface area contributed by atoms with E-state index in [2.05, 4.69) is 0 Å². The lowest BCUT2D eigenvalue weighted by atomic mass is 10.0. The highest BCUT2D eigenvalue weighted by molar-refractivity contribution is 6.31. The average Bonchev–Trinajstić information content (AvgIpc) is 3.48. The van der Waals surface area contributed by atoms with E-state index in [-0.39, 0.29) is 11.5 Å². The van der Waals surface area contributed by atoms with Crippen LogP contribution in [0.25, 0.3) is 44.2 Å². The first-order valence-electron chi connectivity index (χ1n) is 11.0. The van der Waals surface area contributed by atoms with Gasteiger partial charge in [0.05, 0.1) is 7.11 Å². The van der Waals surface area contributed by atoms with Crippen LogP contribution in [0.15, 0.2) is 84.8 Å². The molecule has 0 aliphatic rings. The summed E-state index contributed by atoms with van der Waals surface area (Å²) >= 11 is 6.03. The van der Waals surface area contributed by atoms with Gasteiger partial charge in [-0.3, -0.25) is 0 Å². The van der Waals surface area contributed by atoms with Crippen LogP contribution < -0.4 is 15.1 Å². The predicted octanol–water partition coefficient (Wildman–Crippen LogP) is 7.14. The van der Waals surface area contributed by atoms with Crippen LogP contribution in [0.3, 0.4) is 0 Å². The standard InChI is InChI=1S/C28H17ClO7/c1-14-8-23-18(12-22(14)36-28(31)25-11-16-9-17(29)6-7-20(16)33-25)19(13-26(30)34-23)24-10-15-4-3-5-21(32-2)27(15)35-24/h3-13H,1-2H3. The van der Waals surface area contributed by atoms with Gasteiger partial charge < -0.3 is 22.7 Å². The number of para-hydroxylation sites is 1. The Morgan fingerprint density at radius 1 is 0.861 bits per heavy atom. The van der Waals surface area contributed by atoms with Crippen LogP contribution in [-0.4, -0.2) is 13.1 Å². The maximum atomic E-state index is 12.9. The Morgan fingerprint density at radius 2 is 1.72 bits per heavy atom. The summed E-state index contributed by atoms with van der Waals surface area (Å²) in [4.78, 5) is 25.2. The molecule has 36 heavy (non-hydrogen) atoms. The summed E-state index contributed by atoms with van der Waals surface area (Å²) in [7, 11) is 1.56. The zero-order chi connectivity index (χ0) is 25.0. The van der Waals surface area contributed by atoms with E-state index in [9.17, 15) is 9.59 Å². The van der Waals surface area contributed by atoms with E-state index in [4.69, 9.17) is 34.3 Å². The highest BCUT2D eigenvalue weighted by atomic mass is 35.5. The van der Waals surface area contributed by atoms with Crippen LogP contribution in [0.1, 0.15) is 16.1 Å². The lowest BCUT2D eigenvalue weighted by Crippen LogP contribution is -2.08. The Kier molecular flexibility index (Phi) is 5.09. The Balaban J connectivity index is 1.45. The van der Waals surface area contributed by atoms with Gasteiger partial charge in [-0.2, -0.15) is 0 Å². The van der Waals surface area contributed by atoms with Crippen LogP contribution in [-0.2, 0) is 0 Å². The molecule has 0 unspecified atom stereocenters. The number of carbonyl (C=O) groups excluding carboxylic acids is 1. The van der Waals surface area contributed by atoms with Gasteiger partial charge in [0.15, 0.2) is 11.3 Å². The third-order valence-electron chi connectivity index (χ3n) is 5.92. The topological polar surface area (TPSA) is 92.0 Å². The van der Waals surface area contributed by atoms with Crippen molar-refractivity contribution in [3.8, 4) is 22.8 Å². The van der Waals surface area contributed by atoms with E-state index < -0.39 is 11.6 Å². The van der Waals surface area contributed by atoms with E-state index >= 15 is 0 Å². The van der Waals surface area contributed by atoms with Gasteiger partial charge in [0.2, 0.25) is 5.76 Å². The molecule has 0 saturated carbocycles. The van der Waals surface area contributed by atoms with Crippen molar-refractivity contribution < 1.29 is 27.5 Å². The normalized spacial score (nSPS) is 11.4. The number of hydrogen-bond acceptors (Lipinski definition) is 7. The summed E-state index contributed by atoms with van der Waals surface area (Å²) < 4.78 is 28.2.